The SMILES string of the molecule is CN(Cc1cn[nH]c1)S(=O)(=O)c1cccc(N)c1[N+](=O)[O-]. The third kappa shape index (κ3) is 2.85. The van der Waals surface area contributed by atoms with Gasteiger partial charge in [0, 0.05) is 25.4 Å². The van der Waals surface area contributed by atoms with Gasteiger partial charge in [0.25, 0.3) is 0 Å². The molecule has 0 aliphatic heterocycles. The first-order valence-electron chi connectivity index (χ1n) is 5.81. The second kappa shape index (κ2) is 5.50. The topological polar surface area (TPSA) is 135 Å². The second-order valence-corrected chi connectivity index (χ2v) is 6.33. The van der Waals surface area contributed by atoms with Gasteiger partial charge in [0.2, 0.25) is 10.0 Å². The Hall–Kier alpha value is -2.46. The molecule has 0 unspecified atom stereocenters. The van der Waals surface area contributed by atoms with Crippen LogP contribution in [-0.2, 0) is 16.6 Å². The van der Waals surface area contributed by atoms with Gasteiger partial charge in [0.05, 0.1) is 11.1 Å². The Morgan fingerprint density at radius 2 is 2.19 bits per heavy atom. The van der Waals surface area contributed by atoms with E-state index < -0.39 is 25.5 Å². The Labute approximate surface area is 120 Å². The number of anilines is 1. The van der Waals surface area contributed by atoms with Gasteiger partial charge in [-0.15, -0.1) is 0 Å². The van der Waals surface area contributed by atoms with Crippen LogP contribution in [0.5, 0.6) is 0 Å². The highest BCUT2D eigenvalue weighted by Gasteiger charge is 2.31. The maximum Gasteiger partial charge on any atom is 0.312 e. The standard InChI is InChI=1S/C11H13N5O4S/c1-15(7-8-5-13-14-6-8)21(19,20)10-4-2-3-9(12)11(10)16(17)18/h2-6H,7,12H2,1H3,(H,13,14). The lowest BCUT2D eigenvalue weighted by Crippen LogP contribution is -2.27. The summed E-state index contributed by atoms with van der Waals surface area (Å²) in [6.07, 6.45) is 3.01. The number of hydrogen-bond acceptors (Lipinski definition) is 6. The molecular formula is C11H13N5O4S. The molecule has 0 aliphatic carbocycles. The van der Waals surface area contributed by atoms with E-state index in [9.17, 15) is 18.5 Å². The zero-order chi connectivity index (χ0) is 15.6. The van der Waals surface area contributed by atoms with Crippen molar-refractivity contribution in [2.75, 3.05) is 12.8 Å². The van der Waals surface area contributed by atoms with E-state index in [0.29, 0.717) is 5.56 Å². The van der Waals surface area contributed by atoms with Crippen LogP contribution in [0.2, 0.25) is 0 Å². The van der Waals surface area contributed by atoms with Crippen LogP contribution in [-0.4, -0.2) is 34.9 Å². The first-order chi connectivity index (χ1) is 9.84. The maximum absolute atomic E-state index is 12.5. The number of nitrogen functional groups attached to an aromatic ring is 1. The zero-order valence-corrected chi connectivity index (χ0v) is 11.9. The minimum Gasteiger partial charge on any atom is -0.393 e. The summed E-state index contributed by atoms with van der Waals surface area (Å²) in [6, 6.07) is 3.81. The molecule has 0 atom stereocenters. The van der Waals surface area contributed by atoms with Gasteiger partial charge in [-0.05, 0) is 12.1 Å². The van der Waals surface area contributed by atoms with Crippen LogP contribution < -0.4 is 5.73 Å². The number of sulfonamides is 1. The van der Waals surface area contributed by atoms with Gasteiger partial charge in [-0.2, -0.15) is 9.40 Å². The fourth-order valence-electron chi connectivity index (χ4n) is 1.82. The first-order valence-corrected chi connectivity index (χ1v) is 7.25. The van der Waals surface area contributed by atoms with Crippen LogP contribution in [0.3, 0.4) is 0 Å². The number of aromatic nitrogens is 2. The molecule has 0 saturated heterocycles. The van der Waals surface area contributed by atoms with Crippen LogP contribution in [0, 0.1) is 10.1 Å². The smallest absolute Gasteiger partial charge is 0.312 e. The highest BCUT2D eigenvalue weighted by molar-refractivity contribution is 7.89. The molecule has 0 spiro atoms. The van der Waals surface area contributed by atoms with Gasteiger partial charge in [-0.3, -0.25) is 15.2 Å². The highest BCUT2D eigenvalue weighted by atomic mass is 32.2. The van der Waals surface area contributed by atoms with Crippen LogP contribution in [0.25, 0.3) is 0 Å². The number of H-pyrrole nitrogens is 1. The van der Waals surface area contributed by atoms with Crippen LogP contribution in [0.15, 0.2) is 35.5 Å². The Morgan fingerprint density at radius 1 is 1.48 bits per heavy atom. The number of nitrogens with two attached hydrogens (primary N) is 1. The van der Waals surface area contributed by atoms with Crippen LogP contribution >= 0.6 is 0 Å². The third-order valence-electron chi connectivity index (χ3n) is 2.86. The van der Waals surface area contributed by atoms with Gasteiger partial charge in [-0.1, -0.05) is 6.07 Å². The molecule has 0 radical (unpaired) electrons. The largest absolute Gasteiger partial charge is 0.393 e. The normalized spacial score (nSPS) is 11.7. The summed E-state index contributed by atoms with van der Waals surface area (Å²) in [4.78, 5) is 9.83. The molecule has 2 aromatic rings. The van der Waals surface area contributed by atoms with Crippen molar-refractivity contribution >= 4 is 21.4 Å². The molecule has 10 heteroatoms. The fraction of sp³-hybridized carbons (Fsp3) is 0.182. The van der Waals surface area contributed by atoms with Crippen molar-refractivity contribution in [3.8, 4) is 0 Å². The zero-order valence-electron chi connectivity index (χ0n) is 11.1. The molecule has 3 N–H and O–H groups in total. The van der Waals surface area contributed by atoms with E-state index in [0.717, 1.165) is 10.4 Å². The Balaban J connectivity index is 2.44. The monoisotopic (exact) mass is 311 g/mol. The molecule has 2 rings (SSSR count). The molecule has 0 amide bonds. The summed E-state index contributed by atoms with van der Waals surface area (Å²) in [5.41, 5.74) is 5.34. The first kappa shape index (κ1) is 14.9. The molecular weight excluding hydrogens is 298 g/mol. The average molecular weight is 311 g/mol. The van der Waals surface area contributed by atoms with E-state index in [1.165, 1.54) is 25.4 Å². The average Bonchev–Trinajstić information content (AvgIpc) is 2.90. The van der Waals surface area contributed by atoms with E-state index in [1.807, 2.05) is 0 Å². The van der Waals surface area contributed by atoms with Crippen molar-refractivity contribution in [3.63, 3.8) is 0 Å². The molecule has 1 heterocycles. The number of nitrogens with zero attached hydrogens (tertiary/aromatic N) is 3. The van der Waals surface area contributed by atoms with E-state index in [-0.39, 0.29) is 12.2 Å². The number of nitro benzene ring substituents is 1. The summed E-state index contributed by atoms with van der Waals surface area (Å²) in [6.45, 7) is 0.0325. The van der Waals surface area contributed by atoms with Crippen molar-refractivity contribution in [2.45, 2.75) is 11.4 Å². The number of rotatable bonds is 5. The number of nitro groups is 1. The molecule has 0 aliphatic rings. The second-order valence-electron chi connectivity index (χ2n) is 4.32. The fourth-order valence-corrected chi connectivity index (χ4v) is 3.16. The maximum atomic E-state index is 12.5. The van der Waals surface area contributed by atoms with Crippen molar-refractivity contribution in [2.24, 2.45) is 0 Å². The molecule has 0 fully saturated rings. The van der Waals surface area contributed by atoms with Crippen molar-refractivity contribution in [1.82, 2.24) is 14.5 Å². The van der Waals surface area contributed by atoms with E-state index in [4.69, 9.17) is 5.73 Å². The van der Waals surface area contributed by atoms with Crippen LogP contribution in [0.4, 0.5) is 11.4 Å². The van der Waals surface area contributed by atoms with Gasteiger partial charge in [-0.25, -0.2) is 8.42 Å². The van der Waals surface area contributed by atoms with Gasteiger partial charge < -0.3 is 5.73 Å². The van der Waals surface area contributed by atoms with E-state index in [1.54, 1.807) is 6.20 Å². The summed E-state index contributed by atoms with van der Waals surface area (Å²) in [5.74, 6) is 0. The Kier molecular flexibility index (Phi) is 3.91. The Bertz CT molecular complexity index is 757. The molecule has 0 saturated carbocycles. The minimum absolute atomic E-state index is 0.0325. The summed E-state index contributed by atoms with van der Waals surface area (Å²) in [5, 5.41) is 17.3. The summed E-state index contributed by atoms with van der Waals surface area (Å²) >= 11 is 0. The quantitative estimate of drug-likeness (QED) is 0.474. The summed E-state index contributed by atoms with van der Waals surface area (Å²) < 4.78 is 25.9. The third-order valence-corrected chi connectivity index (χ3v) is 4.70. The molecule has 0 bridgehead atoms. The number of aromatic amines is 1. The summed E-state index contributed by atoms with van der Waals surface area (Å²) in [7, 11) is -2.71. The predicted octanol–water partition coefficient (Wildman–Crippen LogP) is 0.721. The molecule has 1 aromatic carbocycles. The van der Waals surface area contributed by atoms with Crippen molar-refractivity contribution < 1.29 is 13.3 Å². The number of para-hydroxylation sites is 1. The molecule has 9 nitrogen and oxygen atoms in total. The molecule has 1 aromatic heterocycles. The number of hydrogen-bond donors (Lipinski definition) is 2. The number of benzene rings is 1. The van der Waals surface area contributed by atoms with Crippen molar-refractivity contribution in [1.29, 1.82) is 0 Å². The Morgan fingerprint density at radius 3 is 2.76 bits per heavy atom. The van der Waals surface area contributed by atoms with Gasteiger partial charge in [0.15, 0.2) is 4.90 Å². The van der Waals surface area contributed by atoms with E-state index >= 15 is 0 Å². The lowest BCUT2D eigenvalue weighted by molar-refractivity contribution is -0.386. The number of nitrogens with one attached hydrogen (secondary N) is 1. The lowest BCUT2D eigenvalue weighted by Gasteiger charge is -2.16. The molecule has 21 heavy (non-hydrogen) atoms. The predicted molar refractivity (Wildman–Crippen MR) is 74.7 cm³/mol. The van der Waals surface area contributed by atoms with Crippen molar-refractivity contribution in [3.05, 3.63) is 46.3 Å². The van der Waals surface area contributed by atoms with Crippen LogP contribution in [0.1, 0.15) is 5.56 Å². The highest BCUT2D eigenvalue weighted by Crippen LogP contribution is 2.31. The van der Waals surface area contributed by atoms with Gasteiger partial charge >= 0.3 is 5.69 Å². The minimum atomic E-state index is -4.04. The molecule has 112 valence electrons. The van der Waals surface area contributed by atoms with E-state index in [2.05, 4.69) is 10.2 Å². The lowest BCUT2D eigenvalue weighted by atomic mass is 10.3. The van der Waals surface area contributed by atoms with Gasteiger partial charge in [0.1, 0.15) is 5.69 Å².